The van der Waals surface area contributed by atoms with Crippen molar-refractivity contribution >= 4 is 11.6 Å². The first-order valence-electron chi connectivity index (χ1n) is 6.98. The molecule has 6 heteroatoms. The quantitative estimate of drug-likeness (QED) is 0.888. The number of hydrogen-bond donors (Lipinski definition) is 1. The molecule has 0 bridgehead atoms. The van der Waals surface area contributed by atoms with Crippen LogP contribution in [-0.2, 0) is 6.54 Å². The molecule has 5 nitrogen and oxygen atoms in total. The van der Waals surface area contributed by atoms with Crippen LogP contribution in [0.15, 0.2) is 24.5 Å². The molecule has 2 aromatic rings. The van der Waals surface area contributed by atoms with Crippen LogP contribution in [-0.4, -0.2) is 47.4 Å². The summed E-state index contributed by atoms with van der Waals surface area (Å²) in [5.74, 6) is 0. The predicted molar refractivity (Wildman–Crippen MR) is 85.7 cm³/mol. The molecule has 0 aliphatic rings. The van der Waals surface area contributed by atoms with E-state index in [4.69, 9.17) is 11.6 Å². The van der Waals surface area contributed by atoms with Crippen molar-refractivity contribution in [2.24, 2.45) is 0 Å². The van der Waals surface area contributed by atoms with E-state index in [1.807, 2.05) is 45.0 Å². The van der Waals surface area contributed by atoms with Gasteiger partial charge in [0.1, 0.15) is 0 Å². The Bertz CT molecular complexity index is 593. The van der Waals surface area contributed by atoms with Gasteiger partial charge in [0, 0.05) is 18.4 Å². The molecule has 21 heavy (non-hydrogen) atoms. The van der Waals surface area contributed by atoms with Gasteiger partial charge in [-0.15, -0.1) is 0 Å². The van der Waals surface area contributed by atoms with Crippen molar-refractivity contribution < 1.29 is 0 Å². The maximum Gasteiger partial charge on any atom is 0.0837 e. The minimum atomic E-state index is 0.00358. The van der Waals surface area contributed by atoms with Gasteiger partial charge in [-0.3, -0.25) is 9.67 Å². The van der Waals surface area contributed by atoms with E-state index in [2.05, 4.69) is 26.4 Å². The fraction of sp³-hybridized carbons (Fsp3) is 0.467. The number of aromatic nitrogens is 3. The summed E-state index contributed by atoms with van der Waals surface area (Å²) in [4.78, 5) is 6.38. The van der Waals surface area contributed by atoms with Gasteiger partial charge in [-0.25, -0.2) is 0 Å². The maximum absolute atomic E-state index is 6.37. The van der Waals surface area contributed by atoms with E-state index in [0.717, 1.165) is 30.0 Å². The van der Waals surface area contributed by atoms with Crippen LogP contribution in [0.1, 0.15) is 23.0 Å². The Morgan fingerprint density at radius 3 is 2.81 bits per heavy atom. The van der Waals surface area contributed by atoms with E-state index in [-0.39, 0.29) is 6.04 Å². The lowest BCUT2D eigenvalue weighted by atomic mass is 10.0. The van der Waals surface area contributed by atoms with E-state index in [9.17, 15) is 0 Å². The molecule has 0 saturated heterocycles. The number of likely N-dealkylation sites (N-methyl/N-ethyl adjacent to an activating group) is 1. The first-order valence-corrected chi connectivity index (χ1v) is 7.36. The smallest absolute Gasteiger partial charge is 0.0837 e. The van der Waals surface area contributed by atoms with Crippen LogP contribution >= 0.6 is 11.6 Å². The normalized spacial score (nSPS) is 12.9. The van der Waals surface area contributed by atoms with Crippen LogP contribution in [0.2, 0.25) is 5.02 Å². The summed E-state index contributed by atoms with van der Waals surface area (Å²) < 4.78 is 1.97. The van der Waals surface area contributed by atoms with E-state index in [0.29, 0.717) is 5.02 Å². The molecule has 0 amide bonds. The van der Waals surface area contributed by atoms with Gasteiger partial charge < -0.3 is 10.2 Å². The number of aryl methyl sites for hydroxylation is 1. The Labute approximate surface area is 130 Å². The Morgan fingerprint density at radius 1 is 1.43 bits per heavy atom. The number of halogens is 1. The summed E-state index contributed by atoms with van der Waals surface area (Å²) in [6.07, 6.45) is 3.54. The molecular weight excluding hydrogens is 286 g/mol. The molecule has 1 unspecified atom stereocenters. The zero-order valence-corrected chi connectivity index (χ0v) is 13.7. The molecule has 0 aliphatic heterocycles. The standard InChI is InChI=1S/C15H22ClN5/c1-11-9-12(5-6-18-11)14(17-2)15-13(16)10-19-21(15)8-7-20(3)4/h5-6,9-10,14,17H,7-8H2,1-4H3. The summed E-state index contributed by atoms with van der Waals surface area (Å²) in [6, 6.07) is 4.08. The van der Waals surface area contributed by atoms with Gasteiger partial charge in [0.25, 0.3) is 0 Å². The molecule has 0 saturated carbocycles. The second-order valence-corrected chi connectivity index (χ2v) is 5.76. The van der Waals surface area contributed by atoms with Gasteiger partial charge in [0.05, 0.1) is 29.5 Å². The van der Waals surface area contributed by atoms with Crippen molar-refractivity contribution in [3.63, 3.8) is 0 Å². The number of nitrogens with zero attached hydrogens (tertiary/aromatic N) is 4. The van der Waals surface area contributed by atoms with Crippen molar-refractivity contribution in [1.29, 1.82) is 0 Å². The predicted octanol–water partition coefficient (Wildman–Crippen LogP) is 2.11. The lowest BCUT2D eigenvalue weighted by Gasteiger charge is -2.20. The van der Waals surface area contributed by atoms with Crippen molar-refractivity contribution in [3.8, 4) is 0 Å². The van der Waals surface area contributed by atoms with E-state index in [1.54, 1.807) is 6.20 Å². The van der Waals surface area contributed by atoms with Crippen molar-refractivity contribution in [3.05, 3.63) is 46.5 Å². The SMILES string of the molecule is CNC(c1ccnc(C)c1)c1c(Cl)cnn1CCN(C)C. The highest BCUT2D eigenvalue weighted by molar-refractivity contribution is 6.31. The minimum absolute atomic E-state index is 0.00358. The first-order chi connectivity index (χ1) is 10.0. The van der Waals surface area contributed by atoms with E-state index >= 15 is 0 Å². The van der Waals surface area contributed by atoms with Crippen LogP contribution in [0.25, 0.3) is 0 Å². The van der Waals surface area contributed by atoms with E-state index in [1.165, 1.54) is 0 Å². The molecule has 2 aromatic heterocycles. The summed E-state index contributed by atoms with van der Waals surface area (Å²) in [7, 11) is 6.03. The Hall–Kier alpha value is -1.43. The molecule has 1 N–H and O–H groups in total. The molecule has 1 atom stereocenters. The Balaban J connectivity index is 2.35. The Morgan fingerprint density at radius 2 is 2.19 bits per heavy atom. The average molecular weight is 308 g/mol. The van der Waals surface area contributed by atoms with E-state index < -0.39 is 0 Å². The summed E-state index contributed by atoms with van der Waals surface area (Å²) >= 11 is 6.37. The summed E-state index contributed by atoms with van der Waals surface area (Å²) in [5, 5.41) is 8.42. The van der Waals surface area contributed by atoms with Crippen LogP contribution in [0.4, 0.5) is 0 Å². The molecule has 2 heterocycles. The third-order valence-electron chi connectivity index (χ3n) is 3.41. The van der Waals surface area contributed by atoms with Gasteiger partial charge in [-0.05, 0) is 45.8 Å². The van der Waals surface area contributed by atoms with Gasteiger partial charge in [0.15, 0.2) is 0 Å². The molecule has 0 spiro atoms. The van der Waals surface area contributed by atoms with Crippen LogP contribution in [0, 0.1) is 6.92 Å². The third kappa shape index (κ3) is 3.81. The van der Waals surface area contributed by atoms with Gasteiger partial charge in [-0.1, -0.05) is 11.6 Å². The number of hydrogen-bond acceptors (Lipinski definition) is 4. The first kappa shape index (κ1) is 15.9. The average Bonchev–Trinajstić information content (AvgIpc) is 2.79. The number of nitrogens with one attached hydrogen (secondary N) is 1. The van der Waals surface area contributed by atoms with Crippen LogP contribution < -0.4 is 5.32 Å². The second-order valence-electron chi connectivity index (χ2n) is 5.36. The highest BCUT2D eigenvalue weighted by atomic mass is 35.5. The lowest BCUT2D eigenvalue weighted by Crippen LogP contribution is -2.25. The Kier molecular flexibility index (Phi) is 5.33. The highest BCUT2D eigenvalue weighted by Gasteiger charge is 2.21. The molecular formula is C15H22ClN5. The zero-order chi connectivity index (χ0) is 15.4. The zero-order valence-electron chi connectivity index (χ0n) is 13.0. The molecule has 0 fully saturated rings. The minimum Gasteiger partial charge on any atom is -0.308 e. The number of pyridine rings is 1. The van der Waals surface area contributed by atoms with Crippen molar-refractivity contribution in [2.45, 2.75) is 19.5 Å². The molecule has 0 aromatic carbocycles. The fourth-order valence-electron chi connectivity index (χ4n) is 2.34. The van der Waals surface area contributed by atoms with Gasteiger partial charge >= 0.3 is 0 Å². The second kappa shape index (κ2) is 7.02. The monoisotopic (exact) mass is 307 g/mol. The van der Waals surface area contributed by atoms with Gasteiger partial charge in [0.2, 0.25) is 0 Å². The number of rotatable bonds is 6. The largest absolute Gasteiger partial charge is 0.308 e. The highest BCUT2D eigenvalue weighted by Crippen LogP contribution is 2.28. The van der Waals surface area contributed by atoms with Crippen molar-refractivity contribution in [1.82, 2.24) is 25.0 Å². The lowest BCUT2D eigenvalue weighted by molar-refractivity contribution is 0.366. The maximum atomic E-state index is 6.37. The molecule has 0 radical (unpaired) electrons. The summed E-state index contributed by atoms with van der Waals surface area (Å²) in [5.41, 5.74) is 3.12. The third-order valence-corrected chi connectivity index (χ3v) is 3.70. The fourth-order valence-corrected chi connectivity index (χ4v) is 2.59. The van der Waals surface area contributed by atoms with Crippen LogP contribution in [0.5, 0.6) is 0 Å². The summed E-state index contributed by atoms with van der Waals surface area (Å²) in [6.45, 7) is 3.70. The van der Waals surface area contributed by atoms with Crippen LogP contribution in [0.3, 0.4) is 0 Å². The molecule has 114 valence electrons. The topological polar surface area (TPSA) is 46.0 Å². The van der Waals surface area contributed by atoms with Gasteiger partial charge in [-0.2, -0.15) is 5.10 Å². The van der Waals surface area contributed by atoms with Crippen molar-refractivity contribution in [2.75, 3.05) is 27.7 Å². The molecule has 0 aliphatic carbocycles. The molecule has 2 rings (SSSR count).